The third kappa shape index (κ3) is 3.64. The summed E-state index contributed by atoms with van der Waals surface area (Å²) in [6, 6.07) is 10.6. The number of nitrogens with one attached hydrogen (secondary N) is 1. The summed E-state index contributed by atoms with van der Waals surface area (Å²) >= 11 is 3.38. The molecule has 1 N–H and O–H groups in total. The zero-order chi connectivity index (χ0) is 14.4. The van der Waals surface area contributed by atoms with Crippen LogP contribution in [0.3, 0.4) is 0 Å². The fraction of sp³-hybridized carbons (Fsp3) is 0.0714. The van der Waals surface area contributed by atoms with Gasteiger partial charge in [-0.25, -0.2) is 5.43 Å². The van der Waals surface area contributed by atoms with E-state index in [9.17, 15) is 4.79 Å². The van der Waals surface area contributed by atoms with Gasteiger partial charge in [-0.1, -0.05) is 6.07 Å². The summed E-state index contributed by atoms with van der Waals surface area (Å²) in [5, 5.41) is 3.89. The Bertz CT molecular complexity index is 630. The zero-order valence-electron chi connectivity index (χ0n) is 10.7. The lowest BCUT2D eigenvalue weighted by molar-refractivity contribution is 0.0950. The second-order valence-electron chi connectivity index (χ2n) is 3.81. The molecule has 0 aliphatic heterocycles. The van der Waals surface area contributed by atoms with E-state index in [1.165, 1.54) is 0 Å². The predicted molar refractivity (Wildman–Crippen MR) is 80.0 cm³/mol. The SMILES string of the molecule is COc1ccc(/C=N\NC(=O)c2ccccn2)cc1Br. The molecule has 0 fully saturated rings. The molecule has 0 unspecified atom stereocenters. The molecule has 0 atom stereocenters. The van der Waals surface area contributed by atoms with Gasteiger partial charge in [-0.3, -0.25) is 9.78 Å². The van der Waals surface area contributed by atoms with Gasteiger partial charge in [-0.2, -0.15) is 5.10 Å². The molecule has 2 rings (SSSR count). The highest BCUT2D eigenvalue weighted by Gasteiger charge is 2.04. The molecule has 6 heteroatoms. The standard InChI is InChI=1S/C14H12BrN3O2/c1-20-13-6-5-10(8-11(13)15)9-17-18-14(19)12-4-2-3-7-16-12/h2-9H,1H3,(H,18,19)/b17-9-. The van der Waals surface area contributed by atoms with Gasteiger partial charge < -0.3 is 4.74 Å². The minimum absolute atomic E-state index is 0.320. The molecule has 102 valence electrons. The van der Waals surface area contributed by atoms with Crippen LogP contribution in [0.1, 0.15) is 16.1 Å². The zero-order valence-corrected chi connectivity index (χ0v) is 12.3. The third-order valence-electron chi connectivity index (χ3n) is 2.45. The van der Waals surface area contributed by atoms with Crippen LogP contribution in [0.4, 0.5) is 0 Å². The molecule has 5 nitrogen and oxygen atoms in total. The molecular weight excluding hydrogens is 322 g/mol. The minimum atomic E-state index is -0.352. The molecule has 0 radical (unpaired) electrons. The summed E-state index contributed by atoms with van der Waals surface area (Å²) in [5.74, 6) is 0.383. The Hall–Kier alpha value is -2.21. The van der Waals surface area contributed by atoms with Crippen molar-refractivity contribution in [1.29, 1.82) is 0 Å². The number of rotatable bonds is 4. The van der Waals surface area contributed by atoms with Crippen LogP contribution >= 0.6 is 15.9 Å². The summed E-state index contributed by atoms with van der Waals surface area (Å²) in [4.78, 5) is 15.6. The average molecular weight is 334 g/mol. The highest BCUT2D eigenvalue weighted by atomic mass is 79.9. The second-order valence-corrected chi connectivity index (χ2v) is 4.66. The molecule has 0 saturated heterocycles. The number of hydrogen-bond acceptors (Lipinski definition) is 4. The highest BCUT2D eigenvalue weighted by Crippen LogP contribution is 2.24. The Labute approximate surface area is 124 Å². The number of aromatic nitrogens is 1. The van der Waals surface area contributed by atoms with Crippen LogP contribution < -0.4 is 10.2 Å². The number of nitrogens with zero attached hydrogens (tertiary/aromatic N) is 2. The van der Waals surface area contributed by atoms with Crippen molar-refractivity contribution in [1.82, 2.24) is 10.4 Å². The maximum absolute atomic E-state index is 11.7. The Morgan fingerprint density at radius 1 is 1.40 bits per heavy atom. The number of methoxy groups -OCH3 is 1. The molecule has 0 aliphatic carbocycles. The van der Waals surface area contributed by atoms with E-state index in [0.29, 0.717) is 5.69 Å². The summed E-state index contributed by atoms with van der Waals surface area (Å²) in [6.07, 6.45) is 3.10. The van der Waals surface area contributed by atoms with Crippen LogP contribution in [0.5, 0.6) is 5.75 Å². The van der Waals surface area contributed by atoms with Crippen molar-refractivity contribution in [3.63, 3.8) is 0 Å². The summed E-state index contributed by atoms with van der Waals surface area (Å²) in [5.41, 5.74) is 3.57. The van der Waals surface area contributed by atoms with E-state index in [1.54, 1.807) is 37.7 Å². The molecule has 1 aromatic carbocycles. The number of hydrogen-bond donors (Lipinski definition) is 1. The number of amides is 1. The maximum atomic E-state index is 11.7. The molecule has 0 bridgehead atoms. The smallest absolute Gasteiger partial charge is 0.289 e. The van der Waals surface area contributed by atoms with E-state index in [2.05, 4.69) is 31.4 Å². The fourth-order valence-electron chi connectivity index (χ4n) is 1.48. The number of ether oxygens (including phenoxy) is 1. The molecule has 0 saturated carbocycles. The van der Waals surface area contributed by atoms with Gasteiger partial charge in [0.1, 0.15) is 11.4 Å². The number of benzene rings is 1. The van der Waals surface area contributed by atoms with E-state index in [4.69, 9.17) is 4.74 Å². The van der Waals surface area contributed by atoms with E-state index in [1.807, 2.05) is 18.2 Å². The molecule has 2 aromatic rings. The number of hydrazone groups is 1. The Kier molecular flexibility index (Phi) is 4.84. The van der Waals surface area contributed by atoms with Crippen LogP contribution in [-0.4, -0.2) is 24.2 Å². The lowest BCUT2D eigenvalue weighted by Gasteiger charge is -2.03. The maximum Gasteiger partial charge on any atom is 0.289 e. The van der Waals surface area contributed by atoms with Gasteiger partial charge in [0.15, 0.2) is 0 Å². The van der Waals surface area contributed by atoms with Crippen LogP contribution in [0, 0.1) is 0 Å². The van der Waals surface area contributed by atoms with Crippen molar-refractivity contribution < 1.29 is 9.53 Å². The summed E-state index contributed by atoms with van der Waals surface area (Å²) in [6.45, 7) is 0. The quantitative estimate of drug-likeness (QED) is 0.691. The lowest BCUT2D eigenvalue weighted by atomic mass is 10.2. The van der Waals surface area contributed by atoms with Crippen molar-refractivity contribution in [3.8, 4) is 5.75 Å². The topological polar surface area (TPSA) is 63.6 Å². The molecule has 0 aliphatic rings. The third-order valence-corrected chi connectivity index (χ3v) is 3.07. The monoisotopic (exact) mass is 333 g/mol. The number of halogens is 1. The largest absolute Gasteiger partial charge is 0.496 e. The van der Waals surface area contributed by atoms with Gasteiger partial charge in [0.2, 0.25) is 0 Å². The first-order valence-corrected chi connectivity index (χ1v) is 6.58. The van der Waals surface area contributed by atoms with Gasteiger partial charge in [0.05, 0.1) is 17.8 Å². The number of carbonyl (C=O) groups is 1. The first-order valence-electron chi connectivity index (χ1n) is 5.78. The van der Waals surface area contributed by atoms with E-state index in [-0.39, 0.29) is 5.91 Å². The van der Waals surface area contributed by atoms with Crippen LogP contribution in [0.15, 0.2) is 52.2 Å². The van der Waals surface area contributed by atoms with Crippen molar-refractivity contribution >= 4 is 28.1 Å². The first-order chi connectivity index (χ1) is 9.70. The van der Waals surface area contributed by atoms with Crippen molar-refractivity contribution in [2.45, 2.75) is 0 Å². The van der Waals surface area contributed by atoms with Gasteiger partial charge in [0.25, 0.3) is 5.91 Å². The van der Waals surface area contributed by atoms with Gasteiger partial charge in [-0.15, -0.1) is 0 Å². The highest BCUT2D eigenvalue weighted by molar-refractivity contribution is 9.10. The van der Waals surface area contributed by atoms with E-state index in [0.717, 1.165) is 15.8 Å². The van der Waals surface area contributed by atoms with Crippen molar-refractivity contribution in [3.05, 3.63) is 58.3 Å². The average Bonchev–Trinajstić information content (AvgIpc) is 2.48. The second kappa shape index (κ2) is 6.81. The van der Waals surface area contributed by atoms with Gasteiger partial charge in [-0.05, 0) is 51.8 Å². The lowest BCUT2D eigenvalue weighted by Crippen LogP contribution is -2.18. The normalized spacial score (nSPS) is 10.5. The summed E-state index contributed by atoms with van der Waals surface area (Å²) in [7, 11) is 1.60. The molecule has 0 spiro atoms. The van der Waals surface area contributed by atoms with E-state index < -0.39 is 0 Å². The fourth-order valence-corrected chi connectivity index (χ4v) is 2.04. The molecular formula is C14H12BrN3O2. The Morgan fingerprint density at radius 2 is 2.25 bits per heavy atom. The minimum Gasteiger partial charge on any atom is -0.496 e. The van der Waals surface area contributed by atoms with Crippen LogP contribution in [-0.2, 0) is 0 Å². The first kappa shape index (κ1) is 14.2. The molecule has 1 amide bonds. The summed E-state index contributed by atoms with van der Waals surface area (Å²) < 4.78 is 5.95. The van der Waals surface area contributed by atoms with Crippen molar-refractivity contribution in [2.24, 2.45) is 5.10 Å². The van der Waals surface area contributed by atoms with E-state index >= 15 is 0 Å². The van der Waals surface area contributed by atoms with Crippen LogP contribution in [0.25, 0.3) is 0 Å². The number of pyridine rings is 1. The predicted octanol–water partition coefficient (Wildman–Crippen LogP) is 2.62. The van der Waals surface area contributed by atoms with Gasteiger partial charge in [0, 0.05) is 6.20 Å². The van der Waals surface area contributed by atoms with Gasteiger partial charge >= 0.3 is 0 Å². The van der Waals surface area contributed by atoms with Crippen LogP contribution in [0.2, 0.25) is 0 Å². The molecule has 1 heterocycles. The molecule has 20 heavy (non-hydrogen) atoms. The molecule has 1 aromatic heterocycles. The van der Waals surface area contributed by atoms with Crippen molar-refractivity contribution in [2.75, 3.05) is 7.11 Å². The Balaban J connectivity index is 2.00. The number of carbonyl (C=O) groups excluding carboxylic acids is 1. The Morgan fingerprint density at radius 3 is 2.90 bits per heavy atom.